The van der Waals surface area contributed by atoms with Crippen molar-refractivity contribution >= 4 is 11.4 Å². The SMILES string of the molecule is Cc1ccc(N2CCC(CCN3CC(C)OC(C)C3)CC2)c([N+](=O)[O-])c1. The van der Waals surface area contributed by atoms with Gasteiger partial charge in [0.2, 0.25) is 0 Å². The molecule has 3 rings (SSSR count). The van der Waals surface area contributed by atoms with Crippen molar-refractivity contribution in [1.82, 2.24) is 4.90 Å². The van der Waals surface area contributed by atoms with Crippen molar-refractivity contribution in [2.24, 2.45) is 5.92 Å². The molecule has 0 radical (unpaired) electrons. The first-order chi connectivity index (χ1) is 12.4. The van der Waals surface area contributed by atoms with Crippen molar-refractivity contribution in [3.8, 4) is 0 Å². The summed E-state index contributed by atoms with van der Waals surface area (Å²) in [6.07, 6.45) is 4.08. The van der Waals surface area contributed by atoms with Gasteiger partial charge >= 0.3 is 0 Å². The van der Waals surface area contributed by atoms with E-state index >= 15 is 0 Å². The predicted molar refractivity (Wildman–Crippen MR) is 104 cm³/mol. The molecule has 0 aromatic heterocycles. The molecule has 2 atom stereocenters. The number of rotatable bonds is 5. The Kier molecular flexibility index (Phi) is 6.14. The average molecular weight is 361 g/mol. The van der Waals surface area contributed by atoms with Gasteiger partial charge < -0.3 is 9.64 Å². The number of hydrogen-bond donors (Lipinski definition) is 0. The number of ether oxygens (including phenoxy) is 1. The van der Waals surface area contributed by atoms with Gasteiger partial charge in [0.25, 0.3) is 5.69 Å². The van der Waals surface area contributed by atoms with E-state index in [4.69, 9.17) is 4.74 Å². The lowest BCUT2D eigenvalue weighted by molar-refractivity contribution is -0.384. The first-order valence-corrected chi connectivity index (χ1v) is 9.80. The molecule has 2 fully saturated rings. The highest BCUT2D eigenvalue weighted by molar-refractivity contribution is 5.64. The van der Waals surface area contributed by atoms with E-state index in [1.165, 1.54) is 6.42 Å². The summed E-state index contributed by atoms with van der Waals surface area (Å²) in [5.41, 5.74) is 1.94. The highest BCUT2D eigenvalue weighted by Crippen LogP contribution is 2.33. The largest absolute Gasteiger partial charge is 0.373 e. The number of piperidine rings is 1. The molecular weight excluding hydrogens is 330 g/mol. The Bertz CT molecular complexity index is 619. The van der Waals surface area contributed by atoms with Gasteiger partial charge in [-0.2, -0.15) is 0 Å². The molecule has 6 heteroatoms. The number of morpholine rings is 1. The van der Waals surface area contributed by atoms with Crippen LogP contribution in [0.15, 0.2) is 18.2 Å². The fourth-order valence-corrected chi connectivity index (χ4v) is 4.34. The molecular formula is C20H31N3O3. The summed E-state index contributed by atoms with van der Waals surface area (Å²) in [6, 6.07) is 5.56. The van der Waals surface area contributed by atoms with E-state index in [1.54, 1.807) is 6.07 Å². The van der Waals surface area contributed by atoms with Gasteiger partial charge in [-0.05, 0) is 64.1 Å². The van der Waals surface area contributed by atoms with Crippen LogP contribution in [-0.2, 0) is 4.74 Å². The zero-order valence-corrected chi connectivity index (χ0v) is 16.2. The summed E-state index contributed by atoms with van der Waals surface area (Å²) in [6.45, 7) is 11.2. The summed E-state index contributed by atoms with van der Waals surface area (Å²) in [5.74, 6) is 0.712. The first kappa shape index (κ1) is 19.1. The summed E-state index contributed by atoms with van der Waals surface area (Å²) >= 11 is 0. The predicted octanol–water partition coefficient (Wildman–Crippen LogP) is 3.62. The van der Waals surface area contributed by atoms with E-state index in [1.807, 2.05) is 19.1 Å². The standard InChI is InChI=1S/C20H31N3O3/c1-15-4-5-19(20(12-15)23(24)25)22-10-7-18(8-11-22)6-9-21-13-16(2)26-17(3)14-21/h4-5,12,16-18H,6-11,13-14H2,1-3H3. The zero-order chi connectivity index (χ0) is 18.7. The van der Waals surface area contributed by atoms with E-state index in [0.29, 0.717) is 18.1 Å². The number of anilines is 1. The zero-order valence-electron chi connectivity index (χ0n) is 16.2. The molecule has 6 nitrogen and oxygen atoms in total. The maximum atomic E-state index is 11.4. The van der Waals surface area contributed by atoms with Crippen molar-refractivity contribution in [3.63, 3.8) is 0 Å². The summed E-state index contributed by atoms with van der Waals surface area (Å²) in [4.78, 5) is 15.8. The average Bonchev–Trinajstić information content (AvgIpc) is 2.59. The Hall–Kier alpha value is -1.66. The minimum absolute atomic E-state index is 0.236. The van der Waals surface area contributed by atoms with Crippen LogP contribution in [0, 0.1) is 23.0 Å². The second kappa shape index (κ2) is 8.35. The maximum Gasteiger partial charge on any atom is 0.292 e. The quantitative estimate of drug-likeness (QED) is 0.592. The highest BCUT2D eigenvalue weighted by atomic mass is 16.6. The van der Waals surface area contributed by atoms with Crippen LogP contribution in [0.2, 0.25) is 0 Å². The Labute approximate surface area is 156 Å². The van der Waals surface area contributed by atoms with Crippen LogP contribution in [0.3, 0.4) is 0 Å². The van der Waals surface area contributed by atoms with E-state index in [2.05, 4.69) is 23.6 Å². The topological polar surface area (TPSA) is 58.8 Å². The van der Waals surface area contributed by atoms with Crippen molar-refractivity contribution in [2.45, 2.75) is 52.2 Å². The van der Waals surface area contributed by atoms with Gasteiger partial charge in [0, 0.05) is 32.2 Å². The lowest BCUT2D eigenvalue weighted by atomic mass is 9.92. The van der Waals surface area contributed by atoms with Crippen molar-refractivity contribution in [1.29, 1.82) is 0 Å². The second-order valence-electron chi connectivity index (χ2n) is 7.99. The fraction of sp³-hybridized carbons (Fsp3) is 0.700. The van der Waals surface area contributed by atoms with E-state index in [-0.39, 0.29) is 10.6 Å². The number of hydrogen-bond acceptors (Lipinski definition) is 5. The van der Waals surface area contributed by atoms with Crippen LogP contribution in [-0.4, -0.2) is 54.8 Å². The minimum atomic E-state index is -0.255. The number of nitrogens with zero attached hydrogens (tertiary/aromatic N) is 3. The molecule has 0 N–H and O–H groups in total. The third kappa shape index (κ3) is 4.74. The second-order valence-corrected chi connectivity index (χ2v) is 7.99. The van der Waals surface area contributed by atoms with Gasteiger partial charge in [-0.1, -0.05) is 6.07 Å². The number of nitro groups is 1. The molecule has 144 valence electrons. The van der Waals surface area contributed by atoms with E-state index in [0.717, 1.165) is 56.8 Å². The third-order valence-corrected chi connectivity index (χ3v) is 5.63. The smallest absolute Gasteiger partial charge is 0.292 e. The maximum absolute atomic E-state index is 11.4. The van der Waals surface area contributed by atoms with Crippen LogP contribution in [0.4, 0.5) is 11.4 Å². The van der Waals surface area contributed by atoms with Crippen LogP contribution in [0.1, 0.15) is 38.7 Å². The van der Waals surface area contributed by atoms with Crippen molar-refractivity contribution in [2.75, 3.05) is 37.6 Å². The molecule has 1 aromatic rings. The van der Waals surface area contributed by atoms with Gasteiger partial charge in [0.15, 0.2) is 0 Å². The molecule has 0 saturated carbocycles. The van der Waals surface area contributed by atoms with Crippen LogP contribution in [0.25, 0.3) is 0 Å². The highest BCUT2D eigenvalue weighted by Gasteiger charge is 2.26. The molecule has 2 saturated heterocycles. The molecule has 2 aliphatic rings. The molecule has 26 heavy (non-hydrogen) atoms. The lowest BCUT2D eigenvalue weighted by Crippen LogP contribution is -2.46. The number of aryl methyl sites for hydroxylation is 1. The van der Waals surface area contributed by atoms with Crippen LogP contribution >= 0.6 is 0 Å². The Balaban J connectivity index is 1.51. The number of benzene rings is 1. The van der Waals surface area contributed by atoms with Gasteiger partial charge in [0.1, 0.15) is 5.69 Å². The molecule has 1 aromatic carbocycles. The van der Waals surface area contributed by atoms with Crippen LogP contribution < -0.4 is 4.90 Å². The fourth-order valence-electron chi connectivity index (χ4n) is 4.34. The Morgan fingerprint density at radius 2 is 1.85 bits per heavy atom. The van der Waals surface area contributed by atoms with Crippen molar-refractivity contribution in [3.05, 3.63) is 33.9 Å². The number of nitro benzene ring substituents is 1. The van der Waals surface area contributed by atoms with Gasteiger partial charge in [0.05, 0.1) is 17.1 Å². The summed E-state index contributed by atoms with van der Waals surface area (Å²) in [5, 5.41) is 11.4. The Morgan fingerprint density at radius 1 is 1.19 bits per heavy atom. The Morgan fingerprint density at radius 3 is 2.46 bits per heavy atom. The third-order valence-electron chi connectivity index (χ3n) is 5.63. The lowest BCUT2D eigenvalue weighted by Gasteiger charge is -2.37. The molecule has 0 spiro atoms. The first-order valence-electron chi connectivity index (χ1n) is 9.80. The van der Waals surface area contributed by atoms with Crippen molar-refractivity contribution < 1.29 is 9.66 Å². The molecule has 2 aliphatic heterocycles. The monoisotopic (exact) mass is 361 g/mol. The van der Waals surface area contributed by atoms with E-state index in [9.17, 15) is 10.1 Å². The van der Waals surface area contributed by atoms with Gasteiger partial charge in [-0.25, -0.2) is 0 Å². The molecule has 0 bridgehead atoms. The summed E-state index contributed by atoms with van der Waals surface area (Å²) in [7, 11) is 0. The minimum Gasteiger partial charge on any atom is -0.373 e. The van der Waals surface area contributed by atoms with Gasteiger partial charge in [-0.15, -0.1) is 0 Å². The molecule has 0 amide bonds. The van der Waals surface area contributed by atoms with Crippen LogP contribution in [0.5, 0.6) is 0 Å². The van der Waals surface area contributed by atoms with Gasteiger partial charge in [-0.3, -0.25) is 15.0 Å². The summed E-state index contributed by atoms with van der Waals surface area (Å²) < 4.78 is 5.81. The van der Waals surface area contributed by atoms with E-state index < -0.39 is 0 Å². The molecule has 2 unspecified atom stereocenters. The normalized spacial score (nSPS) is 25.4. The molecule has 0 aliphatic carbocycles. The molecule has 2 heterocycles.